The van der Waals surface area contributed by atoms with Gasteiger partial charge in [0.25, 0.3) is 0 Å². The first-order valence-corrected chi connectivity index (χ1v) is 9.10. The van der Waals surface area contributed by atoms with E-state index in [0.29, 0.717) is 19.6 Å². The van der Waals surface area contributed by atoms with E-state index in [1.807, 2.05) is 12.1 Å². The first-order valence-electron chi connectivity index (χ1n) is 9.10. The molecule has 2 aliphatic rings. The Kier molecular flexibility index (Phi) is 8.50. The highest BCUT2D eigenvalue weighted by atomic mass is 16.5. The molecule has 1 heterocycles. The lowest BCUT2D eigenvalue weighted by molar-refractivity contribution is -0.139. The molecule has 1 unspecified atom stereocenters. The van der Waals surface area contributed by atoms with Crippen LogP contribution in [0, 0.1) is 11.3 Å². The van der Waals surface area contributed by atoms with E-state index in [0.717, 1.165) is 62.9 Å². The Balaban J connectivity index is 1.88. The Labute approximate surface area is 149 Å². The lowest BCUT2D eigenvalue weighted by Gasteiger charge is -2.18. The van der Waals surface area contributed by atoms with E-state index < -0.39 is 5.97 Å². The Morgan fingerprint density at radius 3 is 3.00 bits per heavy atom. The molecule has 0 saturated carbocycles. The third kappa shape index (κ3) is 6.52. The third-order valence-electron chi connectivity index (χ3n) is 4.45. The molecule has 0 bridgehead atoms. The number of nitrogens with zero attached hydrogens (tertiary/aromatic N) is 1. The highest BCUT2D eigenvalue weighted by molar-refractivity contribution is 5.94. The largest absolute Gasteiger partial charge is 0.461 e. The third-order valence-corrected chi connectivity index (χ3v) is 4.45. The smallest absolute Gasteiger partial charge is 0.349 e. The summed E-state index contributed by atoms with van der Waals surface area (Å²) < 4.78 is 15.8. The van der Waals surface area contributed by atoms with Crippen LogP contribution in [0.2, 0.25) is 0 Å². The van der Waals surface area contributed by atoms with Crippen molar-refractivity contribution in [3.63, 3.8) is 0 Å². The fraction of sp³-hybridized carbons (Fsp3) is 0.684. The van der Waals surface area contributed by atoms with Gasteiger partial charge in [0.1, 0.15) is 11.6 Å². The summed E-state index contributed by atoms with van der Waals surface area (Å²) in [4.78, 5) is 12.2. The van der Waals surface area contributed by atoms with E-state index in [9.17, 15) is 10.1 Å². The Morgan fingerprint density at radius 2 is 2.28 bits per heavy atom. The van der Waals surface area contributed by atoms with E-state index in [1.54, 1.807) is 7.11 Å². The zero-order valence-electron chi connectivity index (χ0n) is 15.0. The van der Waals surface area contributed by atoms with Gasteiger partial charge < -0.3 is 19.5 Å². The van der Waals surface area contributed by atoms with Crippen molar-refractivity contribution in [3.8, 4) is 6.07 Å². The van der Waals surface area contributed by atoms with Crippen molar-refractivity contribution in [1.82, 2.24) is 5.32 Å². The van der Waals surface area contributed by atoms with Crippen molar-refractivity contribution < 1.29 is 19.0 Å². The van der Waals surface area contributed by atoms with Gasteiger partial charge in [-0.05, 0) is 50.2 Å². The number of methoxy groups -OCH3 is 1. The number of allylic oxidation sites excluding steroid dienone is 3. The molecule has 0 aromatic rings. The van der Waals surface area contributed by atoms with Crippen LogP contribution in [-0.2, 0) is 19.0 Å². The summed E-state index contributed by atoms with van der Waals surface area (Å²) in [6.45, 7) is 2.62. The SMILES string of the molecule is COCCCNC1=C/C(=C(/C#N)C(=O)OCCC2CCCO2)CCC1. The second kappa shape index (κ2) is 10.9. The van der Waals surface area contributed by atoms with Gasteiger partial charge in [-0.2, -0.15) is 5.26 Å². The monoisotopic (exact) mass is 348 g/mol. The van der Waals surface area contributed by atoms with Crippen LogP contribution in [0.15, 0.2) is 22.9 Å². The molecule has 6 nitrogen and oxygen atoms in total. The quantitative estimate of drug-likeness (QED) is 0.299. The van der Waals surface area contributed by atoms with Gasteiger partial charge in [0, 0.05) is 39.0 Å². The molecule has 0 spiro atoms. The lowest BCUT2D eigenvalue weighted by atomic mass is 9.95. The summed E-state index contributed by atoms with van der Waals surface area (Å²) >= 11 is 0. The molecule has 1 saturated heterocycles. The van der Waals surface area contributed by atoms with Crippen LogP contribution in [-0.4, -0.2) is 45.5 Å². The predicted molar refractivity (Wildman–Crippen MR) is 93.6 cm³/mol. The van der Waals surface area contributed by atoms with Gasteiger partial charge in [-0.3, -0.25) is 0 Å². The van der Waals surface area contributed by atoms with Crippen LogP contribution in [0.5, 0.6) is 0 Å². The lowest BCUT2D eigenvalue weighted by Crippen LogP contribution is -2.19. The minimum Gasteiger partial charge on any atom is -0.461 e. The number of hydrogen-bond donors (Lipinski definition) is 1. The van der Waals surface area contributed by atoms with Crippen LogP contribution >= 0.6 is 0 Å². The summed E-state index contributed by atoms with van der Waals surface area (Å²) in [5.41, 5.74) is 1.96. The molecular formula is C19H28N2O4. The molecule has 138 valence electrons. The number of esters is 1. The first-order chi connectivity index (χ1) is 12.2. The standard InChI is InChI=1S/C19H28N2O4/c1-23-10-4-9-21-16-6-2-5-15(13-16)18(14-20)19(22)25-12-8-17-7-3-11-24-17/h13,17,21H,2-12H2,1H3/b18-15-. The molecule has 0 radical (unpaired) electrons. The number of ether oxygens (including phenoxy) is 3. The topological polar surface area (TPSA) is 80.6 Å². The van der Waals surface area contributed by atoms with E-state index in [2.05, 4.69) is 5.32 Å². The minimum atomic E-state index is -0.521. The number of rotatable bonds is 9. The number of hydrogen-bond acceptors (Lipinski definition) is 6. The highest BCUT2D eigenvalue weighted by Crippen LogP contribution is 2.24. The van der Waals surface area contributed by atoms with Gasteiger partial charge in [-0.1, -0.05) is 0 Å². The maximum atomic E-state index is 12.2. The number of nitrogens with one attached hydrogen (secondary N) is 1. The summed E-state index contributed by atoms with van der Waals surface area (Å²) in [7, 11) is 1.68. The molecule has 0 aromatic heterocycles. The van der Waals surface area contributed by atoms with E-state index >= 15 is 0 Å². The zero-order chi connectivity index (χ0) is 17.9. The Hall–Kier alpha value is -1.84. The average Bonchev–Trinajstić information content (AvgIpc) is 3.13. The summed E-state index contributed by atoms with van der Waals surface area (Å²) in [5.74, 6) is -0.521. The van der Waals surface area contributed by atoms with Crippen LogP contribution in [0.3, 0.4) is 0 Å². The highest BCUT2D eigenvalue weighted by Gasteiger charge is 2.20. The van der Waals surface area contributed by atoms with Crippen LogP contribution in [0.1, 0.15) is 44.9 Å². The van der Waals surface area contributed by atoms with Crippen LogP contribution in [0.25, 0.3) is 0 Å². The normalized spacial score (nSPS) is 22.1. The zero-order valence-corrected chi connectivity index (χ0v) is 15.0. The molecule has 1 aliphatic carbocycles. The summed E-state index contributed by atoms with van der Waals surface area (Å²) in [6, 6.07) is 2.03. The van der Waals surface area contributed by atoms with Crippen molar-refractivity contribution in [2.24, 2.45) is 0 Å². The molecule has 1 N–H and O–H groups in total. The number of carbonyl (C=O) groups is 1. The van der Waals surface area contributed by atoms with E-state index in [-0.39, 0.29) is 11.7 Å². The average molecular weight is 348 g/mol. The maximum absolute atomic E-state index is 12.2. The van der Waals surface area contributed by atoms with Crippen molar-refractivity contribution in [1.29, 1.82) is 5.26 Å². The molecule has 6 heteroatoms. The van der Waals surface area contributed by atoms with Gasteiger partial charge in [-0.15, -0.1) is 0 Å². The van der Waals surface area contributed by atoms with Gasteiger partial charge in [-0.25, -0.2) is 4.79 Å². The fourth-order valence-corrected chi connectivity index (χ4v) is 3.10. The molecule has 1 fully saturated rings. The van der Waals surface area contributed by atoms with E-state index in [4.69, 9.17) is 14.2 Å². The molecule has 25 heavy (non-hydrogen) atoms. The second-order valence-corrected chi connectivity index (χ2v) is 6.37. The van der Waals surface area contributed by atoms with E-state index in [1.165, 1.54) is 0 Å². The van der Waals surface area contributed by atoms with Crippen molar-refractivity contribution in [3.05, 3.63) is 22.9 Å². The van der Waals surface area contributed by atoms with Gasteiger partial charge in [0.2, 0.25) is 0 Å². The van der Waals surface area contributed by atoms with Crippen molar-refractivity contribution in [2.75, 3.05) is 33.5 Å². The summed E-state index contributed by atoms with van der Waals surface area (Å²) in [5, 5.41) is 12.7. The summed E-state index contributed by atoms with van der Waals surface area (Å²) in [6.07, 6.45) is 8.40. The van der Waals surface area contributed by atoms with Gasteiger partial charge in [0.15, 0.2) is 0 Å². The molecule has 0 aromatic carbocycles. The maximum Gasteiger partial charge on any atom is 0.349 e. The van der Waals surface area contributed by atoms with Crippen molar-refractivity contribution >= 4 is 5.97 Å². The molecule has 1 aliphatic heterocycles. The number of carbonyl (C=O) groups excluding carboxylic acids is 1. The Morgan fingerprint density at radius 1 is 1.40 bits per heavy atom. The predicted octanol–water partition coefficient (Wildman–Crippen LogP) is 2.61. The van der Waals surface area contributed by atoms with Gasteiger partial charge >= 0.3 is 5.97 Å². The van der Waals surface area contributed by atoms with Crippen LogP contribution in [0.4, 0.5) is 0 Å². The molecule has 2 rings (SSSR count). The second-order valence-electron chi connectivity index (χ2n) is 6.37. The van der Waals surface area contributed by atoms with Crippen LogP contribution < -0.4 is 5.32 Å². The molecular weight excluding hydrogens is 320 g/mol. The molecule has 0 amide bonds. The number of nitriles is 1. The molecule has 1 atom stereocenters. The Bertz CT molecular complexity index is 542. The first kappa shape index (κ1) is 19.5. The minimum absolute atomic E-state index is 0.128. The van der Waals surface area contributed by atoms with Gasteiger partial charge in [0.05, 0.1) is 12.7 Å². The fourth-order valence-electron chi connectivity index (χ4n) is 3.10. The van der Waals surface area contributed by atoms with Crippen molar-refractivity contribution in [2.45, 2.75) is 51.0 Å².